The maximum absolute atomic E-state index is 3.77. The lowest BCUT2D eigenvalue weighted by atomic mass is 9.85. The highest BCUT2D eigenvalue weighted by molar-refractivity contribution is 9.10. The van der Waals surface area contributed by atoms with Gasteiger partial charge in [-0.05, 0) is 71.8 Å². The molecule has 1 aromatic carbocycles. The fourth-order valence-corrected chi connectivity index (χ4v) is 3.48. The van der Waals surface area contributed by atoms with Crippen LogP contribution in [0.3, 0.4) is 0 Å². The van der Waals surface area contributed by atoms with Crippen LogP contribution in [0.5, 0.6) is 0 Å². The second-order valence-electron chi connectivity index (χ2n) is 6.65. The number of nitrogens with one attached hydrogen (secondary N) is 1. The number of hydrogen-bond acceptors (Lipinski definition) is 2. The molecule has 1 aliphatic carbocycles. The summed E-state index contributed by atoms with van der Waals surface area (Å²) in [6.07, 6.45) is 4.24. The molecule has 1 aliphatic rings. The first kappa shape index (κ1) is 16.8. The molecule has 0 atom stereocenters. The van der Waals surface area contributed by atoms with E-state index in [1.807, 2.05) is 0 Å². The molecule has 0 aliphatic heterocycles. The molecule has 0 radical (unpaired) electrons. The molecule has 0 unspecified atom stereocenters. The van der Waals surface area contributed by atoms with Crippen molar-refractivity contribution in [1.29, 1.82) is 0 Å². The summed E-state index contributed by atoms with van der Waals surface area (Å²) in [7, 11) is 0. The Balaban J connectivity index is 1.96. The number of halogens is 1. The van der Waals surface area contributed by atoms with E-state index in [0.717, 1.165) is 25.6 Å². The molecular formula is C18H29BrN2. The van der Waals surface area contributed by atoms with Crippen LogP contribution in [0.1, 0.15) is 45.6 Å². The van der Waals surface area contributed by atoms with E-state index >= 15 is 0 Å². The summed E-state index contributed by atoms with van der Waals surface area (Å²) < 4.78 is 1.23. The second-order valence-corrected chi connectivity index (χ2v) is 7.50. The van der Waals surface area contributed by atoms with Gasteiger partial charge in [0.05, 0.1) is 5.69 Å². The van der Waals surface area contributed by atoms with E-state index in [9.17, 15) is 0 Å². The largest absolute Gasteiger partial charge is 0.371 e. The van der Waals surface area contributed by atoms with Gasteiger partial charge in [0.2, 0.25) is 0 Å². The van der Waals surface area contributed by atoms with Gasteiger partial charge in [0, 0.05) is 24.1 Å². The smallest absolute Gasteiger partial charge is 0.0510 e. The maximum atomic E-state index is 3.77. The van der Waals surface area contributed by atoms with Gasteiger partial charge < -0.3 is 10.2 Å². The summed E-state index contributed by atoms with van der Waals surface area (Å²) in [6.45, 7) is 11.1. The van der Waals surface area contributed by atoms with Crippen LogP contribution in [0.25, 0.3) is 0 Å². The van der Waals surface area contributed by atoms with Gasteiger partial charge in [-0.25, -0.2) is 0 Å². The molecule has 118 valence electrons. The van der Waals surface area contributed by atoms with E-state index in [2.05, 4.69) is 65.1 Å². The van der Waals surface area contributed by atoms with Crippen molar-refractivity contribution in [3.63, 3.8) is 0 Å². The molecule has 2 nitrogen and oxygen atoms in total. The van der Waals surface area contributed by atoms with Gasteiger partial charge in [-0.2, -0.15) is 0 Å². The number of nitrogens with zero attached hydrogens (tertiary/aromatic N) is 1. The molecule has 0 aromatic heterocycles. The van der Waals surface area contributed by atoms with Crippen LogP contribution in [0.2, 0.25) is 0 Å². The third-order valence-electron chi connectivity index (χ3n) is 4.32. The maximum Gasteiger partial charge on any atom is 0.0510 e. The predicted octanol–water partition coefficient (Wildman–Crippen LogP) is 4.82. The minimum atomic E-state index is 0.700. The van der Waals surface area contributed by atoms with Crippen LogP contribution >= 0.6 is 15.9 Å². The van der Waals surface area contributed by atoms with Crippen LogP contribution in [-0.4, -0.2) is 19.6 Å². The number of hydrogen-bond donors (Lipinski definition) is 1. The van der Waals surface area contributed by atoms with E-state index in [1.165, 1.54) is 41.5 Å². The standard InChI is InChI=1S/C18H29BrN2/c1-4-21(13-15-6-5-7-15)18-9-8-16(10-17(18)19)12-20-11-14(2)3/h8-10,14-15,20H,4-7,11-13H2,1-3H3. The first-order valence-electron chi connectivity index (χ1n) is 8.34. The van der Waals surface area contributed by atoms with Crippen LogP contribution in [0.15, 0.2) is 22.7 Å². The minimum Gasteiger partial charge on any atom is -0.371 e. The highest BCUT2D eigenvalue weighted by Gasteiger charge is 2.21. The van der Waals surface area contributed by atoms with E-state index in [4.69, 9.17) is 0 Å². The predicted molar refractivity (Wildman–Crippen MR) is 95.9 cm³/mol. The molecular weight excluding hydrogens is 324 g/mol. The summed E-state index contributed by atoms with van der Waals surface area (Å²) in [6, 6.07) is 6.81. The van der Waals surface area contributed by atoms with E-state index < -0.39 is 0 Å². The topological polar surface area (TPSA) is 15.3 Å². The summed E-state index contributed by atoms with van der Waals surface area (Å²) in [4.78, 5) is 2.51. The van der Waals surface area contributed by atoms with Crippen molar-refractivity contribution in [2.75, 3.05) is 24.5 Å². The van der Waals surface area contributed by atoms with Gasteiger partial charge in [0.25, 0.3) is 0 Å². The third-order valence-corrected chi connectivity index (χ3v) is 4.95. The number of anilines is 1. The van der Waals surface area contributed by atoms with Crippen molar-refractivity contribution >= 4 is 21.6 Å². The number of benzene rings is 1. The fraction of sp³-hybridized carbons (Fsp3) is 0.667. The SMILES string of the molecule is CCN(CC1CCC1)c1ccc(CNCC(C)C)cc1Br. The normalized spacial score (nSPS) is 15.3. The first-order chi connectivity index (χ1) is 10.1. The Kier molecular flexibility index (Phi) is 6.56. The lowest BCUT2D eigenvalue weighted by Crippen LogP contribution is -2.32. The summed E-state index contributed by atoms with van der Waals surface area (Å²) in [5, 5.41) is 3.51. The Morgan fingerprint density at radius 1 is 1.33 bits per heavy atom. The molecule has 2 rings (SSSR count). The lowest BCUT2D eigenvalue weighted by molar-refractivity contribution is 0.318. The highest BCUT2D eigenvalue weighted by Crippen LogP contribution is 2.32. The molecule has 1 aromatic rings. The van der Waals surface area contributed by atoms with Gasteiger partial charge in [0.1, 0.15) is 0 Å². The third kappa shape index (κ3) is 5.00. The van der Waals surface area contributed by atoms with Gasteiger partial charge in [-0.3, -0.25) is 0 Å². The van der Waals surface area contributed by atoms with Gasteiger partial charge in [-0.1, -0.05) is 26.3 Å². The number of rotatable bonds is 8. The average molecular weight is 353 g/mol. The van der Waals surface area contributed by atoms with Crippen LogP contribution in [0, 0.1) is 11.8 Å². The van der Waals surface area contributed by atoms with E-state index in [-0.39, 0.29) is 0 Å². The summed E-state index contributed by atoms with van der Waals surface area (Å²) in [5.74, 6) is 1.61. The van der Waals surface area contributed by atoms with Crippen LogP contribution in [-0.2, 0) is 6.54 Å². The van der Waals surface area contributed by atoms with Gasteiger partial charge >= 0.3 is 0 Å². The van der Waals surface area contributed by atoms with Crippen molar-refractivity contribution in [2.24, 2.45) is 11.8 Å². The monoisotopic (exact) mass is 352 g/mol. The summed E-state index contributed by atoms with van der Waals surface area (Å²) in [5.41, 5.74) is 2.70. The van der Waals surface area contributed by atoms with Crippen molar-refractivity contribution in [2.45, 2.75) is 46.6 Å². The van der Waals surface area contributed by atoms with Crippen molar-refractivity contribution in [3.05, 3.63) is 28.2 Å². The molecule has 21 heavy (non-hydrogen) atoms. The Hall–Kier alpha value is -0.540. The Bertz CT molecular complexity index is 441. The van der Waals surface area contributed by atoms with E-state index in [1.54, 1.807) is 0 Å². The Labute approximate surface area is 138 Å². The van der Waals surface area contributed by atoms with Gasteiger partial charge in [-0.15, -0.1) is 0 Å². The quantitative estimate of drug-likeness (QED) is 0.721. The van der Waals surface area contributed by atoms with Gasteiger partial charge in [0.15, 0.2) is 0 Å². The van der Waals surface area contributed by atoms with Crippen molar-refractivity contribution in [1.82, 2.24) is 5.32 Å². The molecule has 1 fully saturated rings. The van der Waals surface area contributed by atoms with Crippen molar-refractivity contribution in [3.8, 4) is 0 Å². The molecule has 0 spiro atoms. The molecule has 0 bridgehead atoms. The molecule has 0 amide bonds. The average Bonchev–Trinajstić information content (AvgIpc) is 2.39. The zero-order valence-electron chi connectivity index (χ0n) is 13.7. The minimum absolute atomic E-state index is 0.700. The Morgan fingerprint density at radius 2 is 2.10 bits per heavy atom. The second kappa shape index (κ2) is 8.19. The zero-order valence-corrected chi connectivity index (χ0v) is 15.2. The highest BCUT2D eigenvalue weighted by atomic mass is 79.9. The van der Waals surface area contributed by atoms with Crippen molar-refractivity contribution < 1.29 is 0 Å². The van der Waals surface area contributed by atoms with Crippen LogP contribution in [0.4, 0.5) is 5.69 Å². The fourth-order valence-electron chi connectivity index (χ4n) is 2.81. The molecule has 0 saturated heterocycles. The summed E-state index contributed by atoms with van der Waals surface area (Å²) >= 11 is 3.77. The molecule has 3 heteroatoms. The Morgan fingerprint density at radius 3 is 2.62 bits per heavy atom. The molecule has 0 heterocycles. The molecule has 1 saturated carbocycles. The zero-order chi connectivity index (χ0) is 15.2. The van der Waals surface area contributed by atoms with E-state index in [0.29, 0.717) is 5.92 Å². The first-order valence-corrected chi connectivity index (χ1v) is 9.13. The molecule has 1 N–H and O–H groups in total. The lowest BCUT2D eigenvalue weighted by Gasteiger charge is -2.33. The van der Waals surface area contributed by atoms with Crippen LogP contribution < -0.4 is 10.2 Å².